The number of amides is 1. The lowest BCUT2D eigenvalue weighted by atomic mass is 10.2. The normalized spacial score (nSPS) is 17.2. The lowest BCUT2D eigenvalue weighted by Gasteiger charge is -2.18. The van der Waals surface area contributed by atoms with Crippen LogP contribution in [0.25, 0.3) is 5.52 Å². The number of halogens is 1. The molecule has 0 saturated carbocycles. The highest BCUT2D eigenvalue weighted by Gasteiger charge is 2.27. The molecule has 4 rings (SSSR count). The summed E-state index contributed by atoms with van der Waals surface area (Å²) in [5.41, 5.74) is 1.20. The van der Waals surface area contributed by atoms with Crippen molar-refractivity contribution in [3.63, 3.8) is 0 Å². The van der Waals surface area contributed by atoms with Gasteiger partial charge in [0.05, 0.1) is 5.52 Å². The minimum Gasteiger partial charge on any atom is -0.352 e. The van der Waals surface area contributed by atoms with E-state index in [9.17, 15) is 9.18 Å². The van der Waals surface area contributed by atoms with Crippen LogP contribution in [0.1, 0.15) is 22.7 Å². The number of carbonyl (C=O) groups is 1. The van der Waals surface area contributed by atoms with Crippen molar-refractivity contribution in [2.24, 2.45) is 0 Å². The van der Waals surface area contributed by atoms with E-state index in [4.69, 9.17) is 0 Å². The number of nitrogens with zero attached hydrogens (tertiary/aromatic N) is 4. The zero-order valence-electron chi connectivity index (χ0n) is 13.8. The smallest absolute Gasteiger partial charge is 0.272 e. The average Bonchev–Trinajstić information content (AvgIpc) is 3.21. The molecule has 1 amide bonds. The van der Waals surface area contributed by atoms with Gasteiger partial charge in [0.15, 0.2) is 17.3 Å². The van der Waals surface area contributed by atoms with E-state index in [0.29, 0.717) is 24.6 Å². The molecule has 0 bridgehead atoms. The number of nitrogens with one attached hydrogen (secondary N) is 1. The topological polar surface area (TPSA) is 62.5 Å². The molecule has 3 aromatic heterocycles. The van der Waals surface area contributed by atoms with Crippen molar-refractivity contribution in [1.82, 2.24) is 19.7 Å². The van der Waals surface area contributed by atoms with Gasteiger partial charge in [-0.3, -0.25) is 4.79 Å². The van der Waals surface area contributed by atoms with Crippen molar-refractivity contribution in [3.05, 3.63) is 60.1 Å². The van der Waals surface area contributed by atoms with E-state index in [0.717, 1.165) is 17.8 Å². The number of hydrogen-bond donors (Lipinski definition) is 1. The molecule has 1 fully saturated rings. The van der Waals surface area contributed by atoms with Gasteiger partial charge in [-0.2, -0.15) is 0 Å². The number of pyridine rings is 2. The molecule has 3 aromatic rings. The third-order valence-corrected chi connectivity index (χ3v) is 4.50. The Bertz CT molecular complexity index is 938. The van der Waals surface area contributed by atoms with Crippen LogP contribution in [0.5, 0.6) is 0 Å². The van der Waals surface area contributed by atoms with E-state index in [-0.39, 0.29) is 17.8 Å². The molecule has 0 unspecified atom stereocenters. The van der Waals surface area contributed by atoms with Crippen molar-refractivity contribution in [3.8, 4) is 0 Å². The van der Waals surface area contributed by atoms with E-state index in [2.05, 4.69) is 15.3 Å². The van der Waals surface area contributed by atoms with Crippen LogP contribution in [0.2, 0.25) is 0 Å². The van der Waals surface area contributed by atoms with Gasteiger partial charge in [-0.1, -0.05) is 6.07 Å². The molecular weight excluding hydrogens is 321 g/mol. The van der Waals surface area contributed by atoms with E-state index in [1.165, 1.54) is 6.07 Å². The number of carbonyl (C=O) groups excluding carboxylic acids is 1. The van der Waals surface area contributed by atoms with Gasteiger partial charge < -0.3 is 14.6 Å². The predicted octanol–water partition coefficient (Wildman–Crippen LogP) is 2.19. The van der Waals surface area contributed by atoms with Crippen LogP contribution in [0.4, 0.5) is 10.2 Å². The maximum atomic E-state index is 13.9. The second kappa shape index (κ2) is 6.16. The van der Waals surface area contributed by atoms with Crippen LogP contribution >= 0.6 is 0 Å². The van der Waals surface area contributed by atoms with Crippen molar-refractivity contribution >= 4 is 17.2 Å². The van der Waals surface area contributed by atoms with Crippen LogP contribution in [0.15, 0.2) is 42.7 Å². The Morgan fingerprint density at radius 1 is 1.32 bits per heavy atom. The van der Waals surface area contributed by atoms with Gasteiger partial charge in [0.25, 0.3) is 5.91 Å². The molecule has 0 aliphatic carbocycles. The summed E-state index contributed by atoms with van der Waals surface area (Å²) < 4.78 is 15.8. The molecule has 25 heavy (non-hydrogen) atoms. The van der Waals surface area contributed by atoms with Gasteiger partial charge in [0, 0.05) is 31.5 Å². The molecule has 0 spiro atoms. The van der Waals surface area contributed by atoms with Crippen LogP contribution in [-0.2, 0) is 0 Å². The second-order valence-corrected chi connectivity index (χ2v) is 6.18. The molecule has 1 N–H and O–H groups in total. The lowest BCUT2D eigenvalue weighted by molar-refractivity contribution is 0.0937. The van der Waals surface area contributed by atoms with Gasteiger partial charge in [0.1, 0.15) is 5.82 Å². The van der Waals surface area contributed by atoms with Crippen molar-refractivity contribution < 1.29 is 9.18 Å². The predicted molar refractivity (Wildman–Crippen MR) is 92.2 cm³/mol. The summed E-state index contributed by atoms with van der Waals surface area (Å²) >= 11 is 0. The molecule has 1 saturated heterocycles. The highest BCUT2D eigenvalue weighted by Crippen LogP contribution is 2.21. The fraction of sp³-hybridized carbons (Fsp3) is 0.278. The molecule has 6 nitrogen and oxygen atoms in total. The van der Waals surface area contributed by atoms with Crippen LogP contribution in [0, 0.1) is 12.7 Å². The fourth-order valence-electron chi connectivity index (χ4n) is 3.29. The summed E-state index contributed by atoms with van der Waals surface area (Å²) in [6.45, 7) is 3.05. The van der Waals surface area contributed by atoms with Gasteiger partial charge in [-0.25, -0.2) is 14.4 Å². The van der Waals surface area contributed by atoms with Crippen molar-refractivity contribution in [1.29, 1.82) is 0 Å². The highest BCUT2D eigenvalue weighted by molar-refractivity contribution is 5.99. The molecule has 1 aliphatic rings. The number of anilines is 1. The van der Waals surface area contributed by atoms with E-state index < -0.39 is 0 Å². The summed E-state index contributed by atoms with van der Waals surface area (Å²) in [5.74, 6) is 0.558. The zero-order valence-corrected chi connectivity index (χ0v) is 13.8. The summed E-state index contributed by atoms with van der Waals surface area (Å²) in [7, 11) is 0. The maximum Gasteiger partial charge on any atom is 0.272 e. The minimum absolute atomic E-state index is 0.0605. The number of hydrogen-bond acceptors (Lipinski definition) is 4. The van der Waals surface area contributed by atoms with Crippen molar-refractivity contribution in [2.45, 2.75) is 19.4 Å². The third-order valence-electron chi connectivity index (χ3n) is 4.50. The Labute approximate surface area is 144 Å². The largest absolute Gasteiger partial charge is 0.352 e. The number of aromatic nitrogens is 3. The first-order valence-corrected chi connectivity index (χ1v) is 8.23. The molecule has 4 heterocycles. The maximum absolute atomic E-state index is 13.9. The average molecular weight is 339 g/mol. The lowest BCUT2D eigenvalue weighted by Crippen LogP contribution is -2.37. The first-order chi connectivity index (χ1) is 12.1. The monoisotopic (exact) mass is 339 g/mol. The first kappa shape index (κ1) is 15.6. The molecule has 0 radical (unpaired) electrons. The summed E-state index contributed by atoms with van der Waals surface area (Å²) in [6, 6.07) is 8.57. The highest BCUT2D eigenvalue weighted by atomic mass is 19.1. The molecular formula is C18H18FN5O. The first-order valence-electron chi connectivity index (χ1n) is 8.23. The molecule has 1 aliphatic heterocycles. The van der Waals surface area contributed by atoms with Crippen LogP contribution < -0.4 is 10.2 Å². The number of aryl methyl sites for hydroxylation is 1. The Morgan fingerprint density at radius 2 is 2.20 bits per heavy atom. The summed E-state index contributed by atoms with van der Waals surface area (Å²) in [6.07, 6.45) is 4.20. The Balaban J connectivity index is 1.49. The van der Waals surface area contributed by atoms with Crippen LogP contribution in [-0.4, -0.2) is 39.4 Å². The second-order valence-electron chi connectivity index (χ2n) is 6.18. The fourth-order valence-corrected chi connectivity index (χ4v) is 3.29. The Hall–Kier alpha value is -2.96. The molecule has 7 heteroatoms. The van der Waals surface area contributed by atoms with Gasteiger partial charge in [-0.05, 0) is 37.6 Å². The van der Waals surface area contributed by atoms with Crippen LogP contribution in [0.3, 0.4) is 0 Å². The zero-order chi connectivity index (χ0) is 17.4. The quantitative estimate of drug-likeness (QED) is 0.794. The molecule has 1 atom stereocenters. The number of imidazole rings is 1. The standard InChI is InChI=1S/C18H18FN5O/c1-12-21-16(15-6-2-3-9-24(12)15)18(25)22-13-7-10-23(11-13)17-14(19)5-4-8-20-17/h2-6,8-9,13H,7,10-11H2,1H3,(H,22,25)/t13-/m0/s1. The Kier molecular flexibility index (Phi) is 3.83. The molecule has 0 aromatic carbocycles. The summed E-state index contributed by atoms with van der Waals surface area (Å²) in [5, 5.41) is 3.01. The third kappa shape index (κ3) is 2.82. The van der Waals surface area contributed by atoms with E-state index >= 15 is 0 Å². The van der Waals surface area contributed by atoms with E-state index in [1.807, 2.05) is 40.6 Å². The minimum atomic E-state index is -0.342. The SMILES string of the molecule is Cc1nc(C(=O)N[C@H]2CCN(c3ncccc3F)C2)c2ccccn12. The van der Waals surface area contributed by atoms with Gasteiger partial charge in [-0.15, -0.1) is 0 Å². The molecule has 128 valence electrons. The summed E-state index contributed by atoms with van der Waals surface area (Å²) in [4.78, 5) is 23.0. The van der Waals surface area contributed by atoms with Gasteiger partial charge in [0.2, 0.25) is 0 Å². The number of fused-ring (bicyclic) bond motifs is 1. The Morgan fingerprint density at radius 3 is 3.04 bits per heavy atom. The van der Waals surface area contributed by atoms with Gasteiger partial charge >= 0.3 is 0 Å². The number of rotatable bonds is 3. The van der Waals surface area contributed by atoms with E-state index in [1.54, 1.807) is 12.3 Å². The van der Waals surface area contributed by atoms with Crippen molar-refractivity contribution in [2.75, 3.05) is 18.0 Å².